The summed E-state index contributed by atoms with van der Waals surface area (Å²) in [6, 6.07) is 0. The molecule has 1 aliphatic rings. The van der Waals surface area contributed by atoms with E-state index in [1.807, 2.05) is 6.92 Å². The molecule has 14 heavy (non-hydrogen) atoms. The number of rotatable bonds is 4. The second-order valence-electron chi connectivity index (χ2n) is 4.13. The van der Waals surface area contributed by atoms with Gasteiger partial charge in [0.25, 0.3) is 0 Å². The molecule has 82 valence electrons. The Labute approximate surface area is 86.0 Å². The van der Waals surface area contributed by atoms with Crippen molar-refractivity contribution in [1.82, 2.24) is 0 Å². The third-order valence-electron chi connectivity index (χ3n) is 3.06. The average molecular weight is 199 g/mol. The smallest absolute Gasteiger partial charge is 0.306 e. The van der Waals surface area contributed by atoms with Crippen LogP contribution in [0, 0.1) is 11.8 Å². The molecule has 1 rings (SSSR count). The van der Waals surface area contributed by atoms with E-state index in [4.69, 9.17) is 10.5 Å². The van der Waals surface area contributed by atoms with Gasteiger partial charge < -0.3 is 10.5 Å². The summed E-state index contributed by atoms with van der Waals surface area (Å²) in [7, 11) is 0. The molecule has 0 spiro atoms. The number of carbonyl (C=O) groups excluding carboxylic acids is 1. The largest absolute Gasteiger partial charge is 0.466 e. The maximum Gasteiger partial charge on any atom is 0.306 e. The Bertz CT molecular complexity index is 174. The molecule has 1 aliphatic carbocycles. The van der Waals surface area contributed by atoms with Crippen LogP contribution in [0.15, 0.2) is 0 Å². The Hall–Kier alpha value is -0.570. The first-order chi connectivity index (χ1) is 6.76. The molecule has 0 aliphatic heterocycles. The number of carbonyl (C=O) groups is 1. The summed E-state index contributed by atoms with van der Waals surface area (Å²) < 4.78 is 4.93. The highest BCUT2D eigenvalue weighted by Gasteiger charge is 2.22. The van der Waals surface area contributed by atoms with Crippen LogP contribution in [0.5, 0.6) is 0 Å². The van der Waals surface area contributed by atoms with Crippen molar-refractivity contribution in [2.45, 2.75) is 39.0 Å². The lowest BCUT2D eigenvalue weighted by Gasteiger charge is -2.26. The highest BCUT2D eigenvalue weighted by Crippen LogP contribution is 2.30. The van der Waals surface area contributed by atoms with Crippen molar-refractivity contribution >= 4 is 5.97 Å². The lowest BCUT2D eigenvalue weighted by atomic mass is 9.80. The fraction of sp³-hybridized carbons (Fsp3) is 0.909. The Kier molecular flexibility index (Phi) is 4.94. The molecule has 0 aromatic rings. The number of esters is 1. The van der Waals surface area contributed by atoms with Crippen molar-refractivity contribution in [3.63, 3.8) is 0 Å². The Morgan fingerprint density at radius 3 is 2.36 bits per heavy atom. The van der Waals surface area contributed by atoms with Gasteiger partial charge in [-0.1, -0.05) is 0 Å². The summed E-state index contributed by atoms with van der Waals surface area (Å²) in [6.07, 6.45) is 5.24. The van der Waals surface area contributed by atoms with Gasteiger partial charge in [0.2, 0.25) is 0 Å². The van der Waals surface area contributed by atoms with E-state index in [2.05, 4.69) is 0 Å². The van der Waals surface area contributed by atoms with E-state index in [-0.39, 0.29) is 5.97 Å². The van der Waals surface area contributed by atoms with Gasteiger partial charge in [-0.2, -0.15) is 0 Å². The molecule has 0 saturated heterocycles. The molecule has 0 heterocycles. The molecule has 3 nitrogen and oxygen atoms in total. The van der Waals surface area contributed by atoms with Crippen molar-refractivity contribution < 1.29 is 9.53 Å². The van der Waals surface area contributed by atoms with Crippen LogP contribution in [0.2, 0.25) is 0 Å². The lowest BCUT2D eigenvalue weighted by Crippen LogP contribution is -2.23. The van der Waals surface area contributed by atoms with Crippen molar-refractivity contribution in [2.24, 2.45) is 17.6 Å². The minimum absolute atomic E-state index is 0.0382. The zero-order valence-electron chi connectivity index (χ0n) is 9.00. The fourth-order valence-electron chi connectivity index (χ4n) is 2.13. The van der Waals surface area contributed by atoms with Crippen LogP contribution in [0.4, 0.5) is 0 Å². The van der Waals surface area contributed by atoms with Crippen molar-refractivity contribution in [2.75, 3.05) is 13.2 Å². The summed E-state index contributed by atoms with van der Waals surface area (Å²) in [4.78, 5) is 11.2. The topological polar surface area (TPSA) is 52.3 Å². The molecule has 0 aromatic heterocycles. The van der Waals surface area contributed by atoms with Crippen LogP contribution in [0.3, 0.4) is 0 Å². The van der Waals surface area contributed by atoms with Gasteiger partial charge in [0.15, 0.2) is 0 Å². The van der Waals surface area contributed by atoms with Gasteiger partial charge in [-0.05, 0) is 51.0 Å². The van der Waals surface area contributed by atoms with Crippen molar-refractivity contribution in [3.8, 4) is 0 Å². The van der Waals surface area contributed by atoms with Gasteiger partial charge in [0.1, 0.15) is 0 Å². The third kappa shape index (κ3) is 3.66. The van der Waals surface area contributed by atoms with Crippen LogP contribution < -0.4 is 5.73 Å². The standard InChI is InChI=1S/C11H21NO2/c1-2-14-11(13)7-9-3-5-10(8-12)6-4-9/h9-10H,2-8,12H2,1H3/t9-,10+. The van der Waals surface area contributed by atoms with Gasteiger partial charge in [-0.3, -0.25) is 4.79 Å². The average Bonchev–Trinajstić information content (AvgIpc) is 2.19. The molecule has 2 N–H and O–H groups in total. The third-order valence-corrected chi connectivity index (χ3v) is 3.06. The van der Waals surface area contributed by atoms with E-state index < -0.39 is 0 Å². The van der Waals surface area contributed by atoms with E-state index in [0.717, 1.165) is 19.4 Å². The monoisotopic (exact) mass is 199 g/mol. The second kappa shape index (κ2) is 6.02. The van der Waals surface area contributed by atoms with Crippen molar-refractivity contribution in [3.05, 3.63) is 0 Å². The van der Waals surface area contributed by atoms with Crippen LogP contribution in [0.1, 0.15) is 39.0 Å². The molecule has 0 unspecified atom stereocenters. The Morgan fingerprint density at radius 1 is 1.29 bits per heavy atom. The highest BCUT2D eigenvalue weighted by atomic mass is 16.5. The van der Waals surface area contributed by atoms with Gasteiger partial charge in [0.05, 0.1) is 6.61 Å². The normalized spacial score (nSPS) is 27.3. The molecule has 0 radical (unpaired) electrons. The Morgan fingerprint density at radius 2 is 1.86 bits per heavy atom. The van der Waals surface area contributed by atoms with E-state index in [0.29, 0.717) is 24.9 Å². The van der Waals surface area contributed by atoms with Gasteiger partial charge in [-0.25, -0.2) is 0 Å². The highest BCUT2D eigenvalue weighted by molar-refractivity contribution is 5.69. The summed E-state index contributed by atoms with van der Waals surface area (Å²) in [5.41, 5.74) is 5.61. The molecule has 3 heteroatoms. The van der Waals surface area contributed by atoms with E-state index >= 15 is 0 Å². The molecule has 0 amide bonds. The zero-order valence-corrected chi connectivity index (χ0v) is 9.00. The molecule has 1 saturated carbocycles. The predicted molar refractivity (Wildman–Crippen MR) is 55.8 cm³/mol. The number of ether oxygens (including phenoxy) is 1. The first-order valence-electron chi connectivity index (χ1n) is 5.62. The minimum atomic E-state index is -0.0382. The lowest BCUT2D eigenvalue weighted by molar-refractivity contribution is -0.144. The summed E-state index contributed by atoms with van der Waals surface area (Å²) in [5, 5.41) is 0. The first-order valence-corrected chi connectivity index (χ1v) is 5.62. The van der Waals surface area contributed by atoms with Crippen LogP contribution in [-0.4, -0.2) is 19.1 Å². The maximum atomic E-state index is 11.2. The van der Waals surface area contributed by atoms with Crippen molar-refractivity contribution in [1.29, 1.82) is 0 Å². The second-order valence-corrected chi connectivity index (χ2v) is 4.13. The molecule has 0 bridgehead atoms. The summed E-state index contributed by atoms with van der Waals surface area (Å²) in [6.45, 7) is 3.15. The van der Waals surface area contributed by atoms with Gasteiger partial charge in [-0.15, -0.1) is 0 Å². The van der Waals surface area contributed by atoms with Crippen LogP contribution in [-0.2, 0) is 9.53 Å². The summed E-state index contributed by atoms with van der Waals surface area (Å²) in [5.74, 6) is 1.19. The number of hydrogen-bond acceptors (Lipinski definition) is 3. The quantitative estimate of drug-likeness (QED) is 0.701. The molecule has 0 aromatic carbocycles. The number of nitrogens with two attached hydrogens (primary N) is 1. The summed E-state index contributed by atoms with van der Waals surface area (Å²) >= 11 is 0. The Balaban J connectivity index is 2.18. The molecule has 0 atom stereocenters. The van der Waals surface area contributed by atoms with E-state index in [9.17, 15) is 4.79 Å². The first kappa shape index (κ1) is 11.5. The zero-order chi connectivity index (χ0) is 10.4. The SMILES string of the molecule is CCOC(=O)C[C@H]1CC[C@@H](CN)CC1. The van der Waals surface area contributed by atoms with Gasteiger partial charge in [0, 0.05) is 6.42 Å². The molecular weight excluding hydrogens is 178 g/mol. The van der Waals surface area contributed by atoms with Crippen LogP contribution >= 0.6 is 0 Å². The molecule has 1 fully saturated rings. The maximum absolute atomic E-state index is 11.2. The van der Waals surface area contributed by atoms with Gasteiger partial charge >= 0.3 is 5.97 Å². The minimum Gasteiger partial charge on any atom is -0.466 e. The number of hydrogen-bond donors (Lipinski definition) is 1. The molecular formula is C11H21NO2. The van der Waals surface area contributed by atoms with E-state index in [1.165, 1.54) is 12.8 Å². The predicted octanol–water partition coefficient (Wildman–Crippen LogP) is 1.70. The van der Waals surface area contributed by atoms with E-state index in [1.54, 1.807) is 0 Å². The van der Waals surface area contributed by atoms with Crippen LogP contribution in [0.25, 0.3) is 0 Å². The fourth-order valence-corrected chi connectivity index (χ4v) is 2.13.